The number of methoxy groups -OCH3 is 1. The van der Waals surface area contributed by atoms with Crippen LogP contribution in [0.15, 0.2) is 60.8 Å². The van der Waals surface area contributed by atoms with Gasteiger partial charge in [-0.15, -0.1) is 5.10 Å². The van der Waals surface area contributed by atoms with Crippen molar-refractivity contribution in [3.05, 3.63) is 72.1 Å². The van der Waals surface area contributed by atoms with Gasteiger partial charge in [-0.3, -0.25) is 19.3 Å². The standard InChI is InChI=1S/C31H41N7O2/c1-34(19-24-8-4-3-5-9-24)20-26-21-38(33-32-26)22-27-18-25-12-13-37(27)23-28(25)31(39)36-16-14-35(15-17-36)29-10-6-7-11-30(29)40-2/h3-11,21,25,27-28H,12-20,22-23H2,1-2H3/t25-,27+,28-/m0/s1. The van der Waals surface area contributed by atoms with Gasteiger partial charge in [-0.1, -0.05) is 47.7 Å². The predicted octanol–water partition coefficient (Wildman–Crippen LogP) is 2.98. The minimum atomic E-state index is 0.112. The van der Waals surface area contributed by atoms with E-state index in [-0.39, 0.29) is 5.92 Å². The topological polar surface area (TPSA) is 70.0 Å². The van der Waals surface area contributed by atoms with Crippen molar-refractivity contribution in [2.24, 2.45) is 11.8 Å². The number of nitrogens with zero attached hydrogens (tertiary/aromatic N) is 7. The molecule has 212 valence electrons. The van der Waals surface area contributed by atoms with E-state index in [4.69, 9.17) is 4.74 Å². The van der Waals surface area contributed by atoms with Crippen LogP contribution in [0.1, 0.15) is 24.1 Å². The lowest BCUT2D eigenvalue weighted by Crippen LogP contribution is -2.60. The van der Waals surface area contributed by atoms with E-state index in [1.165, 1.54) is 5.56 Å². The molecule has 9 heteroatoms. The number of benzene rings is 2. The average molecular weight is 544 g/mol. The number of aromatic nitrogens is 3. The summed E-state index contributed by atoms with van der Waals surface area (Å²) in [6.07, 6.45) is 4.26. The van der Waals surface area contributed by atoms with E-state index in [1.807, 2.05) is 28.9 Å². The van der Waals surface area contributed by atoms with Crippen LogP contribution in [0, 0.1) is 11.8 Å². The Morgan fingerprint density at radius 2 is 1.77 bits per heavy atom. The maximum atomic E-state index is 13.6. The highest BCUT2D eigenvalue weighted by Crippen LogP contribution is 2.38. The Morgan fingerprint density at radius 3 is 2.52 bits per heavy atom. The molecule has 4 aliphatic heterocycles. The molecular formula is C31H41N7O2. The van der Waals surface area contributed by atoms with Crippen LogP contribution >= 0.6 is 0 Å². The molecule has 2 aromatic carbocycles. The molecule has 7 rings (SSSR count). The summed E-state index contributed by atoms with van der Waals surface area (Å²) in [4.78, 5) is 22.9. The van der Waals surface area contributed by atoms with Crippen molar-refractivity contribution >= 4 is 11.6 Å². The molecule has 4 saturated heterocycles. The van der Waals surface area contributed by atoms with Gasteiger partial charge in [0, 0.05) is 58.1 Å². The number of carbonyl (C=O) groups excluding carboxylic acids is 1. The van der Waals surface area contributed by atoms with Gasteiger partial charge in [-0.05, 0) is 50.0 Å². The van der Waals surface area contributed by atoms with Crippen LogP contribution < -0.4 is 9.64 Å². The van der Waals surface area contributed by atoms with E-state index in [2.05, 4.69) is 73.5 Å². The van der Waals surface area contributed by atoms with Crippen molar-refractivity contribution in [1.82, 2.24) is 29.7 Å². The Labute approximate surface area is 237 Å². The summed E-state index contributed by atoms with van der Waals surface area (Å²) in [6.45, 7) is 7.64. The molecule has 40 heavy (non-hydrogen) atoms. The summed E-state index contributed by atoms with van der Waals surface area (Å²) in [5.41, 5.74) is 3.41. The lowest BCUT2D eigenvalue weighted by Gasteiger charge is -2.50. The van der Waals surface area contributed by atoms with Crippen LogP contribution in [0.4, 0.5) is 5.69 Å². The number of amides is 1. The molecule has 0 radical (unpaired) electrons. The third-order valence-corrected chi connectivity index (χ3v) is 8.92. The van der Waals surface area contributed by atoms with Gasteiger partial charge >= 0.3 is 0 Å². The quantitative estimate of drug-likeness (QED) is 0.411. The van der Waals surface area contributed by atoms with Crippen molar-refractivity contribution < 1.29 is 9.53 Å². The fourth-order valence-corrected chi connectivity index (χ4v) is 6.84. The minimum Gasteiger partial charge on any atom is -0.495 e. The minimum absolute atomic E-state index is 0.112. The molecular weight excluding hydrogens is 502 g/mol. The van der Waals surface area contributed by atoms with Crippen molar-refractivity contribution in [3.63, 3.8) is 0 Å². The molecule has 0 spiro atoms. The lowest BCUT2D eigenvalue weighted by molar-refractivity contribution is -0.144. The summed E-state index contributed by atoms with van der Waals surface area (Å²) in [5.74, 6) is 1.80. The average Bonchev–Trinajstić information content (AvgIpc) is 3.43. The van der Waals surface area contributed by atoms with Crippen LogP contribution in [0.25, 0.3) is 0 Å². The van der Waals surface area contributed by atoms with Crippen LogP contribution in [-0.4, -0.2) is 95.1 Å². The van der Waals surface area contributed by atoms with Crippen LogP contribution in [-0.2, 0) is 24.4 Å². The summed E-state index contributed by atoms with van der Waals surface area (Å²) >= 11 is 0. The molecule has 1 amide bonds. The monoisotopic (exact) mass is 543 g/mol. The molecule has 4 aliphatic rings. The molecule has 9 nitrogen and oxygen atoms in total. The van der Waals surface area contributed by atoms with Crippen molar-refractivity contribution in [2.45, 2.75) is 38.5 Å². The Kier molecular flexibility index (Phi) is 8.02. The van der Waals surface area contributed by atoms with Crippen molar-refractivity contribution in [1.29, 1.82) is 0 Å². The van der Waals surface area contributed by atoms with E-state index in [1.54, 1.807) is 7.11 Å². The van der Waals surface area contributed by atoms with E-state index in [9.17, 15) is 4.79 Å². The number of piperidine rings is 3. The van der Waals surface area contributed by atoms with Crippen LogP contribution in [0.2, 0.25) is 0 Å². The van der Waals surface area contributed by atoms with Crippen LogP contribution in [0.5, 0.6) is 5.75 Å². The molecule has 1 unspecified atom stereocenters. The largest absolute Gasteiger partial charge is 0.495 e. The Morgan fingerprint density at radius 1 is 1.00 bits per heavy atom. The Hall–Kier alpha value is -3.43. The SMILES string of the molecule is COc1ccccc1N1CCN(C(=O)[C@H]2CN3CC[C@H]2C[C@@H]3Cn2cc(CN(C)Cc3ccccc3)nn2)CC1. The second-order valence-corrected chi connectivity index (χ2v) is 11.6. The fourth-order valence-electron chi connectivity index (χ4n) is 6.84. The number of ether oxygens (including phenoxy) is 1. The maximum Gasteiger partial charge on any atom is 0.227 e. The van der Waals surface area contributed by atoms with E-state index >= 15 is 0 Å². The second-order valence-electron chi connectivity index (χ2n) is 11.6. The molecule has 5 heterocycles. The molecule has 0 aliphatic carbocycles. The number of hydrogen-bond donors (Lipinski definition) is 0. The summed E-state index contributed by atoms with van der Waals surface area (Å²) in [5, 5.41) is 8.90. The summed E-state index contributed by atoms with van der Waals surface area (Å²) in [7, 11) is 3.83. The molecule has 1 aromatic heterocycles. The second kappa shape index (κ2) is 12.0. The predicted molar refractivity (Wildman–Crippen MR) is 155 cm³/mol. The highest BCUT2D eigenvalue weighted by molar-refractivity contribution is 5.80. The van der Waals surface area contributed by atoms with E-state index < -0.39 is 0 Å². The number of carbonyl (C=O) groups is 1. The third kappa shape index (κ3) is 5.86. The van der Waals surface area contributed by atoms with Gasteiger partial charge < -0.3 is 14.5 Å². The highest BCUT2D eigenvalue weighted by Gasteiger charge is 2.44. The first kappa shape index (κ1) is 26.8. The number of rotatable bonds is 9. The molecule has 0 saturated carbocycles. The van der Waals surface area contributed by atoms with Crippen molar-refractivity contribution in [2.75, 3.05) is 58.3 Å². The lowest BCUT2D eigenvalue weighted by atomic mass is 9.75. The first-order chi connectivity index (χ1) is 19.6. The zero-order valence-electron chi connectivity index (χ0n) is 23.7. The molecule has 2 bridgehead atoms. The zero-order chi connectivity index (χ0) is 27.5. The van der Waals surface area contributed by atoms with E-state index in [0.29, 0.717) is 17.9 Å². The molecule has 4 fully saturated rings. The van der Waals surface area contributed by atoms with Gasteiger partial charge in [0.05, 0.1) is 31.0 Å². The van der Waals surface area contributed by atoms with E-state index in [0.717, 1.165) is 88.9 Å². The number of fused-ring (bicyclic) bond motifs is 3. The maximum absolute atomic E-state index is 13.6. The van der Waals surface area contributed by atoms with Gasteiger partial charge in [0.2, 0.25) is 5.91 Å². The number of para-hydroxylation sites is 2. The number of anilines is 1. The number of hydrogen-bond acceptors (Lipinski definition) is 7. The van der Waals surface area contributed by atoms with Gasteiger partial charge in [0.25, 0.3) is 0 Å². The smallest absolute Gasteiger partial charge is 0.227 e. The Bertz CT molecular complexity index is 1270. The normalized spacial score (nSPS) is 24.5. The fraction of sp³-hybridized carbons (Fsp3) is 0.516. The molecule has 3 aromatic rings. The zero-order valence-corrected chi connectivity index (χ0v) is 23.7. The summed E-state index contributed by atoms with van der Waals surface area (Å²) in [6, 6.07) is 19.1. The first-order valence-electron chi connectivity index (χ1n) is 14.6. The number of piperazine rings is 1. The van der Waals surface area contributed by atoms with Gasteiger partial charge in [-0.25, -0.2) is 0 Å². The molecule has 0 N–H and O–H groups in total. The van der Waals surface area contributed by atoms with Crippen molar-refractivity contribution in [3.8, 4) is 5.75 Å². The Balaban J connectivity index is 0.998. The first-order valence-corrected chi connectivity index (χ1v) is 14.6. The third-order valence-electron chi connectivity index (χ3n) is 8.92. The summed E-state index contributed by atoms with van der Waals surface area (Å²) < 4.78 is 7.56. The van der Waals surface area contributed by atoms with Gasteiger partial charge in [-0.2, -0.15) is 0 Å². The van der Waals surface area contributed by atoms with Crippen LogP contribution in [0.3, 0.4) is 0 Å². The van der Waals surface area contributed by atoms with Gasteiger partial charge in [0.15, 0.2) is 0 Å². The van der Waals surface area contributed by atoms with Gasteiger partial charge in [0.1, 0.15) is 5.75 Å². The molecule has 4 atom stereocenters. The highest BCUT2D eigenvalue weighted by atomic mass is 16.5.